The molecule has 28 heavy (non-hydrogen) atoms. The van der Waals surface area contributed by atoms with Crippen LogP contribution in [0.2, 0.25) is 0 Å². The monoisotopic (exact) mass is 383 g/mol. The van der Waals surface area contributed by atoms with Gasteiger partial charge in [0.1, 0.15) is 17.3 Å². The third-order valence-corrected chi connectivity index (χ3v) is 5.78. The Bertz CT molecular complexity index is 866. The molecular formula is C21H29N5O2. The number of amides is 1. The van der Waals surface area contributed by atoms with Crippen molar-refractivity contribution in [2.24, 2.45) is 5.92 Å². The summed E-state index contributed by atoms with van der Waals surface area (Å²) in [6.45, 7) is 8.10. The van der Waals surface area contributed by atoms with Gasteiger partial charge in [0.15, 0.2) is 5.82 Å². The van der Waals surface area contributed by atoms with Crippen molar-refractivity contribution in [1.29, 1.82) is 0 Å². The SMILES string of the molecule is Cc1cc(C(=O)NCc2nnc3n2CCN(C[C@H]2CC=CCC2)CC3)c(C)o1. The molecule has 7 nitrogen and oxygen atoms in total. The van der Waals surface area contributed by atoms with Crippen LogP contribution in [0.5, 0.6) is 0 Å². The molecular weight excluding hydrogens is 354 g/mol. The Labute approximate surface area is 165 Å². The first-order valence-corrected chi connectivity index (χ1v) is 10.2. The van der Waals surface area contributed by atoms with Gasteiger partial charge in [0, 0.05) is 32.6 Å². The number of nitrogens with zero attached hydrogens (tertiary/aromatic N) is 4. The van der Waals surface area contributed by atoms with Crippen LogP contribution in [0, 0.1) is 19.8 Å². The second-order valence-corrected chi connectivity index (χ2v) is 7.89. The highest BCUT2D eigenvalue weighted by atomic mass is 16.3. The van der Waals surface area contributed by atoms with Gasteiger partial charge in [-0.15, -0.1) is 10.2 Å². The van der Waals surface area contributed by atoms with E-state index in [-0.39, 0.29) is 5.91 Å². The highest BCUT2D eigenvalue weighted by Gasteiger charge is 2.22. The second-order valence-electron chi connectivity index (χ2n) is 7.89. The van der Waals surface area contributed by atoms with Crippen molar-refractivity contribution in [3.8, 4) is 0 Å². The minimum atomic E-state index is -0.132. The summed E-state index contributed by atoms with van der Waals surface area (Å²) in [6.07, 6.45) is 9.24. The van der Waals surface area contributed by atoms with E-state index in [1.807, 2.05) is 13.8 Å². The zero-order chi connectivity index (χ0) is 19.5. The van der Waals surface area contributed by atoms with E-state index in [0.717, 1.165) is 55.9 Å². The summed E-state index contributed by atoms with van der Waals surface area (Å²) in [6, 6.07) is 1.77. The van der Waals surface area contributed by atoms with E-state index in [9.17, 15) is 4.79 Å². The molecule has 1 amide bonds. The fraction of sp³-hybridized carbons (Fsp3) is 0.571. The topological polar surface area (TPSA) is 76.2 Å². The Balaban J connectivity index is 1.35. The first kappa shape index (κ1) is 18.9. The predicted molar refractivity (Wildman–Crippen MR) is 106 cm³/mol. The van der Waals surface area contributed by atoms with Crippen molar-refractivity contribution in [2.75, 3.05) is 19.6 Å². The molecule has 0 bridgehead atoms. The summed E-state index contributed by atoms with van der Waals surface area (Å²) in [5, 5.41) is 11.7. The van der Waals surface area contributed by atoms with Crippen LogP contribution in [0.15, 0.2) is 22.6 Å². The van der Waals surface area contributed by atoms with Crippen LogP contribution in [-0.2, 0) is 19.5 Å². The molecule has 0 saturated carbocycles. The number of hydrogen-bond donors (Lipinski definition) is 1. The molecule has 0 unspecified atom stereocenters. The third-order valence-electron chi connectivity index (χ3n) is 5.78. The summed E-state index contributed by atoms with van der Waals surface area (Å²) in [7, 11) is 0. The van der Waals surface area contributed by atoms with Gasteiger partial charge in [-0.3, -0.25) is 4.79 Å². The fourth-order valence-corrected chi connectivity index (χ4v) is 4.24. The van der Waals surface area contributed by atoms with Crippen LogP contribution in [0.25, 0.3) is 0 Å². The van der Waals surface area contributed by atoms with E-state index in [1.165, 1.54) is 19.3 Å². The van der Waals surface area contributed by atoms with Gasteiger partial charge in [-0.1, -0.05) is 12.2 Å². The Morgan fingerprint density at radius 1 is 1.25 bits per heavy atom. The number of allylic oxidation sites excluding steroid dienone is 2. The molecule has 0 fully saturated rings. The van der Waals surface area contributed by atoms with Gasteiger partial charge < -0.3 is 19.2 Å². The van der Waals surface area contributed by atoms with E-state index in [4.69, 9.17) is 4.42 Å². The van der Waals surface area contributed by atoms with Crippen LogP contribution in [0.3, 0.4) is 0 Å². The van der Waals surface area contributed by atoms with E-state index >= 15 is 0 Å². The number of hydrogen-bond acceptors (Lipinski definition) is 5. The minimum absolute atomic E-state index is 0.132. The normalized spacial score (nSPS) is 20.0. The van der Waals surface area contributed by atoms with Gasteiger partial charge in [-0.05, 0) is 45.1 Å². The van der Waals surface area contributed by atoms with Crippen molar-refractivity contribution in [3.05, 3.63) is 47.0 Å². The van der Waals surface area contributed by atoms with Crippen molar-refractivity contribution < 1.29 is 9.21 Å². The number of nitrogens with one attached hydrogen (secondary N) is 1. The maximum atomic E-state index is 12.4. The Kier molecular flexibility index (Phi) is 5.62. The number of fused-ring (bicyclic) bond motifs is 1. The zero-order valence-electron chi connectivity index (χ0n) is 16.8. The smallest absolute Gasteiger partial charge is 0.255 e. The highest BCUT2D eigenvalue weighted by Crippen LogP contribution is 2.20. The molecule has 4 rings (SSSR count). The third kappa shape index (κ3) is 4.19. The average Bonchev–Trinajstić information content (AvgIpc) is 3.18. The number of aromatic nitrogens is 3. The second kappa shape index (κ2) is 8.31. The van der Waals surface area contributed by atoms with E-state index in [1.54, 1.807) is 6.07 Å². The summed E-state index contributed by atoms with van der Waals surface area (Å²) >= 11 is 0. The van der Waals surface area contributed by atoms with Crippen molar-refractivity contribution in [3.63, 3.8) is 0 Å². The summed E-state index contributed by atoms with van der Waals surface area (Å²) in [5.41, 5.74) is 0.584. The molecule has 2 aliphatic rings. The zero-order valence-corrected chi connectivity index (χ0v) is 16.8. The minimum Gasteiger partial charge on any atom is -0.466 e. The van der Waals surface area contributed by atoms with Crippen molar-refractivity contribution >= 4 is 5.91 Å². The average molecular weight is 383 g/mol. The first-order valence-electron chi connectivity index (χ1n) is 10.2. The van der Waals surface area contributed by atoms with E-state index < -0.39 is 0 Å². The van der Waals surface area contributed by atoms with Gasteiger partial charge in [0.05, 0.1) is 12.1 Å². The van der Waals surface area contributed by atoms with E-state index in [0.29, 0.717) is 17.9 Å². The molecule has 2 aromatic rings. The summed E-state index contributed by atoms with van der Waals surface area (Å²) < 4.78 is 7.63. The highest BCUT2D eigenvalue weighted by molar-refractivity contribution is 5.95. The van der Waals surface area contributed by atoms with Crippen LogP contribution in [0.4, 0.5) is 0 Å². The summed E-state index contributed by atoms with van der Waals surface area (Å²) in [5.74, 6) is 3.87. The van der Waals surface area contributed by atoms with Gasteiger partial charge in [0.2, 0.25) is 0 Å². The number of carbonyl (C=O) groups is 1. The Hall–Kier alpha value is -2.41. The molecule has 0 saturated heterocycles. The number of rotatable bonds is 5. The molecule has 0 radical (unpaired) electrons. The lowest BCUT2D eigenvalue weighted by atomic mass is 9.94. The lowest BCUT2D eigenvalue weighted by Crippen LogP contribution is -2.33. The Morgan fingerprint density at radius 2 is 2.14 bits per heavy atom. The van der Waals surface area contributed by atoms with Gasteiger partial charge in [-0.25, -0.2) is 0 Å². The number of furan rings is 1. The summed E-state index contributed by atoms with van der Waals surface area (Å²) in [4.78, 5) is 15.0. The van der Waals surface area contributed by atoms with Crippen molar-refractivity contribution in [1.82, 2.24) is 25.0 Å². The number of carbonyl (C=O) groups excluding carboxylic acids is 1. The van der Waals surface area contributed by atoms with Crippen LogP contribution >= 0.6 is 0 Å². The number of aryl methyl sites for hydroxylation is 2. The van der Waals surface area contributed by atoms with Crippen LogP contribution in [-0.4, -0.2) is 45.2 Å². The maximum absolute atomic E-state index is 12.4. The largest absolute Gasteiger partial charge is 0.466 e. The molecule has 3 heterocycles. The molecule has 1 aliphatic heterocycles. The quantitative estimate of drug-likeness (QED) is 0.804. The molecule has 1 atom stereocenters. The first-order chi connectivity index (χ1) is 13.6. The predicted octanol–water partition coefficient (Wildman–Crippen LogP) is 2.63. The molecule has 1 N–H and O–H groups in total. The molecule has 0 aromatic carbocycles. The molecule has 0 spiro atoms. The van der Waals surface area contributed by atoms with Gasteiger partial charge >= 0.3 is 0 Å². The molecule has 7 heteroatoms. The van der Waals surface area contributed by atoms with E-state index in [2.05, 4.69) is 37.1 Å². The van der Waals surface area contributed by atoms with Gasteiger partial charge in [-0.2, -0.15) is 0 Å². The fourth-order valence-electron chi connectivity index (χ4n) is 4.24. The standard InChI is InChI=1S/C21H29N5O2/c1-15-12-18(16(2)28-15)21(27)22-13-20-24-23-19-8-9-25(10-11-26(19)20)14-17-6-4-3-5-7-17/h3-4,12,17H,5-11,13-14H2,1-2H3,(H,22,27)/t17-/m0/s1. The maximum Gasteiger partial charge on any atom is 0.255 e. The lowest BCUT2D eigenvalue weighted by Gasteiger charge is -2.26. The van der Waals surface area contributed by atoms with Crippen molar-refractivity contribution in [2.45, 2.75) is 52.6 Å². The lowest BCUT2D eigenvalue weighted by molar-refractivity contribution is 0.0948. The molecule has 150 valence electrons. The molecule has 1 aliphatic carbocycles. The van der Waals surface area contributed by atoms with Crippen LogP contribution in [0.1, 0.15) is 52.8 Å². The van der Waals surface area contributed by atoms with Gasteiger partial charge in [0.25, 0.3) is 5.91 Å². The van der Waals surface area contributed by atoms with Crippen LogP contribution < -0.4 is 5.32 Å². The Morgan fingerprint density at radius 3 is 2.89 bits per heavy atom. The molecule has 2 aromatic heterocycles.